The van der Waals surface area contributed by atoms with E-state index in [1.165, 1.54) is 4.57 Å². The van der Waals surface area contributed by atoms with Gasteiger partial charge in [-0.05, 0) is 23.8 Å². The molecule has 0 aliphatic heterocycles. The molecule has 0 bridgehead atoms. The third-order valence-corrected chi connectivity index (χ3v) is 4.50. The minimum absolute atomic E-state index is 0.0244. The summed E-state index contributed by atoms with van der Waals surface area (Å²) in [5.74, 6) is -0.155. The molecule has 0 spiro atoms. The summed E-state index contributed by atoms with van der Waals surface area (Å²) in [4.78, 5) is 11.8. The van der Waals surface area contributed by atoms with Gasteiger partial charge >= 0.3 is 0 Å². The summed E-state index contributed by atoms with van der Waals surface area (Å²) in [5.41, 5.74) is 0.819. The van der Waals surface area contributed by atoms with E-state index in [9.17, 15) is 13.2 Å². The van der Waals surface area contributed by atoms with Crippen LogP contribution in [0.4, 0.5) is 0 Å². The number of benzene rings is 1. The minimum atomic E-state index is -3.52. The van der Waals surface area contributed by atoms with Crippen LogP contribution in [0.1, 0.15) is 11.1 Å². The van der Waals surface area contributed by atoms with Gasteiger partial charge in [0.1, 0.15) is 0 Å². The largest absolute Gasteiger partial charge is 0.318 e. The fraction of sp³-hybridized carbons (Fsp3) is 0.214. The van der Waals surface area contributed by atoms with E-state index in [1.807, 2.05) is 0 Å². The van der Waals surface area contributed by atoms with Crippen molar-refractivity contribution >= 4 is 21.6 Å². The molecule has 0 aliphatic rings. The molecule has 112 valence electrons. The number of nitrogens with zero attached hydrogens (tertiary/aromatic N) is 1. The predicted molar refractivity (Wildman–Crippen MR) is 82.6 cm³/mol. The number of aromatic nitrogens is 1. The molecule has 0 amide bonds. The molecule has 0 saturated carbocycles. The van der Waals surface area contributed by atoms with Crippen LogP contribution in [0, 0.1) is 0 Å². The molecule has 0 radical (unpaired) electrons. The van der Waals surface area contributed by atoms with Crippen molar-refractivity contribution < 1.29 is 8.42 Å². The molecule has 0 saturated heterocycles. The van der Waals surface area contributed by atoms with Crippen LogP contribution in [0.3, 0.4) is 0 Å². The number of halogens is 1. The number of hydrogen-bond donors (Lipinski definition) is 1. The zero-order valence-corrected chi connectivity index (χ0v) is 13.0. The lowest BCUT2D eigenvalue weighted by Crippen LogP contribution is -2.29. The van der Waals surface area contributed by atoms with Crippen LogP contribution in [-0.4, -0.2) is 13.0 Å². The highest BCUT2D eigenvalue weighted by atomic mass is 35.5. The summed E-state index contributed by atoms with van der Waals surface area (Å²) in [6.07, 6.45) is 1.62. The van der Waals surface area contributed by atoms with Gasteiger partial charge in [0.05, 0.1) is 5.75 Å². The maximum atomic E-state index is 12.0. The number of rotatable bonds is 5. The normalized spacial score (nSPS) is 11.5. The smallest absolute Gasteiger partial charge is 0.254 e. The predicted octanol–water partition coefficient (Wildman–Crippen LogP) is 1.66. The van der Waals surface area contributed by atoms with Gasteiger partial charge in [-0.1, -0.05) is 29.8 Å². The molecular formula is C14H15ClN2O3S. The fourth-order valence-electron chi connectivity index (χ4n) is 1.83. The van der Waals surface area contributed by atoms with Gasteiger partial charge in [-0.2, -0.15) is 0 Å². The van der Waals surface area contributed by atoms with E-state index in [-0.39, 0.29) is 17.9 Å². The Morgan fingerprint density at radius 1 is 1.19 bits per heavy atom. The molecule has 0 fully saturated rings. The Bertz CT molecular complexity index is 783. The zero-order valence-electron chi connectivity index (χ0n) is 11.4. The van der Waals surface area contributed by atoms with Gasteiger partial charge in [-0.15, -0.1) is 0 Å². The Labute approximate surface area is 128 Å². The van der Waals surface area contributed by atoms with Gasteiger partial charge < -0.3 is 4.57 Å². The van der Waals surface area contributed by atoms with E-state index in [0.717, 1.165) is 0 Å². The van der Waals surface area contributed by atoms with Crippen molar-refractivity contribution in [2.75, 3.05) is 0 Å². The highest BCUT2D eigenvalue weighted by molar-refractivity contribution is 7.88. The first kappa shape index (κ1) is 15.8. The lowest BCUT2D eigenvalue weighted by atomic mass is 10.2. The Kier molecular flexibility index (Phi) is 4.82. The molecule has 1 aromatic carbocycles. The standard InChI is InChI=1S/C14H15ClN2O3S/c1-17-8-2-3-12(14(17)18)9-16-21(19,20)10-11-4-6-13(15)7-5-11/h2-8,16H,9-10H2,1H3. The van der Waals surface area contributed by atoms with E-state index >= 15 is 0 Å². The molecule has 1 aromatic heterocycles. The van der Waals surface area contributed by atoms with Gasteiger partial charge in [0, 0.05) is 30.4 Å². The number of pyridine rings is 1. The van der Waals surface area contributed by atoms with Crippen molar-refractivity contribution in [1.82, 2.24) is 9.29 Å². The van der Waals surface area contributed by atoms with Crippen molar-refractivity contribution in [3.05, 3.63) is 69.1 Å². The summed E-state index contributed by atoms with van der Waals surface area (Å²) in [5, 5.41) is 0.553. The van der Waals surface area contributed by atoms with E-state index in [2.05, 4.69) is 4.72 Å². The first-order chi connectivity index (χ1) is 9.87. The molecule has 2 aromatic rings. The molecule has 7 heteroatoms. The van der Waals surface area contributed by atoms with Crippen LogP contribution in [0.25, 0.3) is 0 Å². The lowest BCUT2D eigenvalue weighted by Gasteiger charge is -2.07. The Morgan fingerprint density at radius 2 is 1.86 bits per heavy atom. The summed E-state index contributed by atoms with van der Waals surface area (Å²) < 4.78 is 27.8. The summed E-state index contributed by atoms with van der Waals surface area (Å²) in [6, 6.07) is 9.89. The zero-order chi connectivity index (χ0) is 15.5. The Hall–Kier alpha value is -1.63. The molecule has 21 heavy (non-hydrogen) atoms. The van der Waals surface area contributed by atoms with Gasteiger partial charge in [0.25, 0.3) is 5.56 Å². The van der Waals surface area contributed by atoms with E-state index in [1.54, 1.807) is 49.6 Å². The summed E-state index contributed by atoms with van der Waals surface area (Å²) in [7, 11) is -1.90. The van der Waals surface area contributed by atoms with Gasteiger partial charge in [0.15, 0.2) is 0 Å². The van der Waals surface area contributed by atoms with E-state index in [0.29, 0.717) is 16.1 Å². The number of hydrogen-bond acceptors (Lipinski definition) is 3. The molecule has 0 unspecified atom stereocenters. The third kappa shape index (κ3) is 4.42. The fourth-order valence-corrected chi connectivity index (χ4v) is 3.06. The second kappa shape index (κ2) is 6.43. The second-order valence-corrected chi connectivity index (χ2v) is 6.90. The van der Waals surface area contributed by atoms with Crippen LogP contribution in [-0.2, 0) is 29.4 Å². The highest BCUT2D eigenvalue weighted by Gasteiger charge is 2.12. The van der Waals surface area contributed by atoms with E-state index < -0.39 is 10.0 Å². The topological polar surface area (TPSA) is 68.2 Å². The average molecular weight is 327 g/mol. The third-order valence-electron chi connectivity index (χ3n) is 2.95. The summed E-state index contributed by atoms with van der Waals surface area (Å²) in [6.45, 7) is -0.0244. The molecule has 5 nitrogen and oxygen atoms in total. The summed E-state index contributed by atoms with van der Waals surface area (Å²) >= 11 is 5.75. The quantitative estimate of drug-likeness (QED) is 0.908. The maximum Gasteiger partial charge on any atom is 0.254 e. The minimum Gasteiger partial charge on any atom is -0.318 e. The number of nitrogens with one attached hydrogen (secondary N) is 1. The van der Waals surface area contributed by atoms with Crippen molar-refractivity contribution in [1.29, 1.82) is 0 Å². The highest BCUT2D eigenvalue weighted by Crippen LogP contribution is 2.11. The van der Waals surface area contributed by atoms with Crippen molar-refractivity contribution in [2.24, 2.45) is 7.05 Å². The average Bonchev–Trinajstić information content (AvgIpc) is 2.43. The first-order valence-electron chi connectivity index (χ1n) is 6.24. The van der Waals surface area contributed by atoms with Crippen molar-refractivity contribution in [3.8, 4) is 0 Å². The maximum absolute atomic E-state index is 12.0. The Morgan fingerprint density at radius 3 is 2.52 bits per heavy atom. The number of aryl methyl sites for hydroxylation is 1. The van der Waals surface area contributed by atoms with E-state index in [4.69, 9.17) is 11.6 Å². The lowest BCUT2D eigenvalue weighted by molar-refractivity contribution is 0.580. The van der Waals surface area contributed by atoms with Crippen LogP contribution >= 0.6 is 11.6 Å². The number of sulfonamides is 1. The van der Waals surface area contributed by atoms with Crippen molar-refractivity contribution in [3.63, 3.8) is 0 Å². The molecule has 0 atom stereocenters. The molecule has 1 heterocycles. The monoisotopic (exact) mass is 326 g/mol. The molecule has 0 aliphatic carbocycles. The molecule has 2 rings (SSSR count). The molecule has 1 N–H and O–H groups in total. The van der Waals surface area contributed by atoms with Gasteiger partial charge in [-0.25, -0.2) is 13.1 Å². The van der Waals surface area contributed by atoms with Crippen LogP contribution in [0.5, 0.6) is 0 Å². The van der Waals surface area contributed by atoms with Crippen LogP contribution in [0.15, 0.2) is 47.4 Å². The second-order valence-electron chi connectivity index (χ2n) is 4.66. The van der Waals surface area contributed by atoms with Gasteiger partial charge in [0.2, 0.25) is 10.0 Å². The van der Waals surface area contributed by atoms with Crippen molar-refractivity contribution in [2.45, 2.75) is 12.3 Å². The molecular weight excluding hydrogens is 312 g/mol. The van der Waals surface area contributed by atoms with Gasteiger partial charge in [-0.3, -0.25) is 4.79 Å². The van der Waals surface area contributed by atoms with Crippen LogP contribution in [0.2, 0.25) is 5.02 Å². The Balaban J connectivity index is 2.06. The van der Waals surface area contributed by atoms with Crippen LogP contribution < -0.4 is 10.3 Å². The first-order valence-corrected chi connectivity index (χ1v) is 8.27. The SMILES string of the molecule is Cn1cccc(CNS(=O)(=O)Cc2ccc(Cl)cc2)c1=O.